The summed E-state index contributed by atoms with van der Waals surface area (Å²) in [5, 5.41) is 3.70. The fourth-order valence-electron chi connectivity index (χ4n) is 4.28. The van der Waals surface area contributed by atoms with E-state index in [4.69, 9.17) is 25.8 Å². The Balaban J connectivity index is 1.22. The average Bonchev–Trinajstić information content (AvgIpc) is 2.94. The molecule has 0 saturated carbocycles. The largest absolute Gasteiger partial charge is 0.494 e. The predicted octanol–water partition coefficient (Wildman–Crippen LogP) is 3.74. The van der Waals surface area contributed by atoms with Crippen LogP contribution in [0.5, 0.6) is 11.5 Å². The number of benzene rings is 2. The number of nitrogens with zero attached hydrogens (tertiary/aromatic N) is 2. The summed E-state index contributed by atoms with van der Waals surface area (Å²) in [5.74, 6) is 1.36. The number of ether oxygens (including phenoxy) is 2. The number of likely N-dealkylation sites (tertiary alicyclic amines) is 1. The van der Waals surface area contributed by atoms with Gasteiger partial charge in [-0.3, -0.25) is 4.79 Å². The summed E-state index contributed by atoms with van der Waals surface area (Å²) >= 11 is 0. The summed E-state index contributed by atoms with van der Waals surface area (Å²) < 4.78 is 11.7. The molecule has 9 nitrogen and oxygen atoms in total. The highest BCUT2D eigenvalue weighted by Gasteiger charge is 2.18. The van der Waals surface area contributed by atoms with Gasteiger partial charge < -0.3 is 30.7 Å². The van der Waals surface area contributed by atoms with Crippen molar-refractivity contribution >= 4 is 18.1 Å². The Morgan fingerprint density at radius 1 is 1.00 bits per heavy atom. The van der Waals surface area contributed by atoms with Gasteiger partial charge in [-0.05, 0) is 112 Å². The highest BCUT2D eigenvalue weighted by atomic mass is 16.7. The van der Waals surface area contributed by atoms with Gasteiger partial charge in [0.05, 0.1) is 19.4 Å². The molecule has 3 rings (SSSR count). The van der Waals surface area contributed by atoms with Crippen LogP contribution < -0.4 is 20.9 Å². The minimum atomic E-state index is -0.650. The number of primary amides is 1. The van der Waals surface area contributed by atoms with Crippen molar-refractivity contribution in [3.05, 3.63) is 59.7 Å². The van der Waals surface area contributed by atoms with E-state index in [2.05, 4.69) is 10.1 Å². The van der Waals surface area contributed by atoms with Crippen LogP contribution in [-0.4, -0.2) is 61.9 Å². The molecule has 206 valence electrons. The minimum absolute atomic E-state index is 0.430. The van der Waals surface area contributed by atoms with E-state index in [-0.39, 0.29) is 0 Å². The first kappa shape index (κ1) is 29.1. The molecule has 4 N–H and O–H groups in total. The van der Waals surface area contributed by atoms with Gasteiger partial charge in [0.2, 0.25) is 5.91 Å². The maximum Gasteiger partial charge on any atom is 0.351 e. The number of oxime groups is 1. The van der Waals surface area contributed by atoms with Crippen LogP contribution in [0.25, 0.3) is 0 Å². The van der Waals surface area contributed by atoms with Crippen LogP contribution in [0.2, 0.25) is 0 Å². The Labute approximate surface area is 225 Å². The van der Waals surface area contributed by atoms with Gasteiger partial charge in [0.15, 0.2) is 0 Å². The average molecular weight is 525 g/mol. The van der Waals surface area contributed by atoms with Crippen LogP contribution in [0, 0.1) is 5.92 Å². The zero-order chi connectivity index (χ0) is 27.2. The highest BCUT2D eigenvalue weighted by molar-refractivity contribution is 5.92. The number of carbonyl (C=O) groups excluding carboxylic acids is 2. The summed E-state index contributed by atoms with van der Waals surface area (Å²) in [6.45, 7) is 6.45. The molecule has 1 atom stereocenters. The smallest absolute Gasteiger partial charge is 0.351 e. The van der Waals surface area contributed by atoms with Crippen LogP contribution in [0.3, 0.4) is 0 Å². The fourth-order valence-corrected chi connectivity index (χ4v) is 4.28. The van der Waals surface area contributed by atoms with Crippen molar-refractivity contribution in [2.45, 2.75) is 51.5 Å². The fraction of sp³-hybridized carbons (Fsp3) is 0.483. The number of amides is 1. The summed E-state index contributed by atoms with van der Waals surface area (Å²) in [5.41, 5.74) is 12.2. The molecule has 1 unspecified atom stereocenters. The van der Waals surface area contributed by atoms with Crippen LogP contribution in [0.1, 0.15) is 61.4 Å². The Morgan fingerprint density at radius 2 is 1.61 bits per heavy atom. The van der Waals surface area contributed by atoms with Gasteiger partial charge in [0.25, 0.3) is 0 Å². The van der Waals surface area contributed by atoms with Crippen molar-refractivity contribution in [2.24, 2.45) is 22.5 Å². The van der Waals surface area contributed by atoms with Crippen LogP contribution >= 0.6 is 0 Å². The van der Waals surface area contributed by atoms with Crippen LogP contribution in [0.4, 0.5) is 0 Å². The number of piperidine rings is 1. The van der Waals surface area contributed by atoms with Gasteiger partial charge in [-0.1, -0.05) is 12.1 Å². The monoisotopic (exact) mass is 524 g/mol. The molecule has 0 radical (unpaired) electrons. The summed E-state index contributed by atoms with van der Waals surface area (Å²) in [4.78, 5) is 29.9. The Kier molecular flexibility index (Phi) is 12.1. The van der Waals surface area contributed by atoms with Crippen LogP contribution in [0.15, 0.2) is 53.7 Å². The number of hydrogen-bond donors (Lipinski definition) is 2. The highest BCUT2D eigenvalue weighted by Crippen LogP contribution is 2.22. The van der Waals surface area contributed by atoms with E-state index in [1.165, 1.54) is 25.5 Å². The van der Waals surface area contributed by atoms with Crippen molar-refractivity contribution in [1.82, 2.24) is 4.90 Å². The predicted molar refractivity (Wildman–Crippen MR) is 147 cm³/mol. The van der Waals surface area contributed by atoms with Crippen molar-refractivity contribution in [3.8, 4) is 11.5 Å². The Morgan fingerprint density at radius 3 is 2.21 bits per heavy atom. The molecule has 9 heteroatoms. The topological polar surface area (TPSA) is 129 Å². The summed E-state index contributed by atoms with van der Waals surface area (Å²) in [6, 6.07) is 13.8. The molecule has 2 aromatic carbocycles. The lowest BCUT2D eigenvalue weighted by atomic mass is 9.92. The molecule has 1 aliphatic heterocycles. The zero-order valence-corrected chi connectivity index (χ0v) is 22.2. The van der Waals surface area contributed by atoms with Crippen molar-refractivity contribution < 1.29 is 23.9 Å². The maximum absolute atomic E-state index is 11.5. The van der Waals surface area contributed by atoms with Gasteiger partial charge in [0, 0.05) is 12.1 Å². The van der Waals surface area contributed by atoms with Gasteiger partial charge in [-0.25, -0.2) is 4.79 Å². The number of carbonyl (C=O) groups is 2. The van der Waals surface area contributed by atoms with Crippen molar-refractivity contribution in [2.75, 3.05) is 32.8 Å². The van der Waals surface area contributed by atoms with E-state index in [0.29, 0.717) is 25.2 Å². The van der Waals surface area contributed by atoms with E-state index in [1.807, 2.05) is 31.2 Å². The first-order chi connectivity index (χ1) is 18.4. The lowest BCUT2D eigenvalue weighted by molar-refractivity contribution is -0.145. The van der Waals surface area contributed by atoms with Gasteiger partial charge in [-0.15, -0.1) is 0 Å². The molecule has 38 heavy (non-hydrogen) atoms. The quantitative estimate of drug-likeness (QED) is 0.157. The minimum Gasteiger partial charge on any atom is -0.494 e. The molecule has 1 saturated heterocycles. The third-order valence-electron chi connectivity index (χ3n) is 6.73. The van der Waals surface area contributed by atoms with E-state index >= 15 is 0 Å². The second kappa shape index (κ2) is 15.7. The molecule has 1 aliphatic rings. The SMILES string of the molecule is CCC(N)C(=O)O/N=C/c1ccc(OCCCC2CCN(CCCOc3ccc(C(N)=O)cc3)CC2)cc1. The summed E-state index contributed by atoms with van der Waals surface area (Å²) in [7, 11) is 0. The molecule has 0 bridgehead atoms. The van der Waals surface area contributed by atoms with Crippen molar-refractivity contribution in [1.29, 1.82) is 0 Å². The molecule has 1 heterocycles. The molecular weight excluding hydrogens is 484 g/mol. The number of hydrogen-bond acceptors (Lipinski definition) is 8. The molecule has 1 amide bonds. The summed E-state index contributed by atoms with van der Waals surface area (Å²) in [6.07, 6.45) is 7.61. The second-order valence-corrected chi connectivity index (χ2v) is 9.59. The number of nitrogens with two attached hydrogens (primary N) is 2. The Bertz CT molecular complexity index is 1020. The molecule has 0 aromatic heterocycles. The second-order valence-electron chi connectivity index (χ2n) is 9.59. The van der Waals surface area contributed by atoms with E-state index in [1.54, 1.807) is 24.3 Å². The molecule has 2 aromatic rings. The van der Waals surface area contributed by atoms with E-state index < -0.39 is 17.9 Å². The number of rotatable bonds is 15. The van der Waals surface area contributed by atoms with Gasteiger partial charge in [0.1, 0.15) is 17.5 Å². The first-order valence-electron chi connectivity index (χ1n) is 13.4. The molecular formula is C29H40N4O5. The van der Waals surface area contributed by atoms with Crippen molar-refractivity contribution in [3.63, 3.8) is 0 Å². The normalized spacial score (nSPS) is 15.3. The van der Waals surface area contributed by atoms with Crippen LogP contribution in [-0.2, 0) is 9.63 Å². The standard InChI is InChI=1S/C29H40N4O5/c1-2-27(30)29(35)38-32-21-23-6-10-25(11-7-23)36-19-3-5-22-14-17-33(18-15-22)16-4-20-37-26-12-8-24(9-13-26)28(31)34/h6-13,21-22,27H,2-5,14-20,30H2,1H3,(H2,31,34)/b32-21+. The maximum atomic E-state index is 11.5. The Hall–Kier alpha value is -3.43. The third-order valence-corrected chi connectivity index (χ3v) is 6.73. The first-order valence-corrected chi connectivity index (χ1v) is 13.4. The third kappa shape index (κ3) is 10.1. The van der Waals surface area contributed by atoms with Gasteiger partial charge >= 0.3 is 5.97 Å². The van der Waals surface area contributed by atoms with E-state index in [9.17, 15) is 9.59 Å². The zero-order valence-electron chi connectivity index (χ0n) is 22.2. The molecule has 0 spiro atoms. The lowest BCUT2D eigenvalue weighted by Crippen LogP contribution is -2.35. The molecule has 0 aliphatic carbocycles. The molecule has 1 fully saturated rings. The van der Waals surface area contributed by atoms with E-state index in [0.717, 1.165) is 55.5 Å². The lowest BCUT2D eigenvalue weighted by Gasteiger charge is -2.32. The van der Waals surface area contributed by atoms with Gasteiger partial charge in [-0.2, -0.15) is 0 Å².